The number of thiophene rings is 1. The minimum atomic E-state index is -0.122. The van der Waals surface area contributed by atoms with Gasteiger partial charge in [0.2, 0.25) is 5.13 Å². The van der Waals surface area contributed by atoms with Crippen molar-refractivity contribution < 1.29 is 4.79 Å². The normalized spacial score (nSPS) is 11.5. The Morgan fingerprint density at radius 3 is 2.78 bits per heavy atom. The van der Waals surface area contributed by atoms with E-state index in [1.165, 1.54) is 22.7 Å². The quantitative estimate of drug-likeness (QED) is 0.937. The average Bonchev–Trinajstić information content (AvgIpc) is 2.86. The second-order valence-corrected chi connectivity index (χ2v) is 7.18. The van der Waals surface area contributed by atoms with Crippen LogP contribution in [0.1, 0.15) is 35.5 Å². The smallest absolute Gasteiger partial charge is 0.267 e. The monoisotopic (exact) mass is 281 g/mol. The van der Waals surface area contributed by atoms with Crippen LogP contribution in [0.15, 0.2) is 17.5 Å². The number of carbonyl (C=O) groups is 1. The maximum atomic E-state index is 11.8. The van der Waals surface area contributed by atoms with Crippen LogP contribution in [0.4, 0.5) is 5.13 Å². The molecule has 0 radical (unpaired) electrons. The van der Waals surface area contributed by atoms with Crippen LogP contribution in [0.2, 0.25) is 0 Å². The van der Waals surface area contributed by atoms with Crippen molar-refractivity contribution in [3.63, 3.8) is 0 Å². The first-order valence-electron chi connectivity index (χ1n) is 5.61. The molecular formula is C12H15N3OS2. The Morgan fingerprint density at radius 2 is 2.17 bits per heavy atom. The Kier molecular flexibility index (Phi) is 3.77. The highest BCUT2D eigenvalue weighted by Crippen LogP contribution is 2.25. The molecule has 0 atom stereocenters. The molecule has 18 heavy (non-hydrogen) atoms. The Morgan fingerprint density at radius 1 is 1.39 bits per heavy atom. The molecule has 6 heteroatoms. The Balaban J connectivity index is 2.01. The van der Waals surface area contributed by atoms with Crippen LogP contribution in [0, 0.1) is 5.41 Å². The van der Waals surface area contributed by atoms with Crippen LogP contribution >= 0.6 is 22.7 Å². The number of nitrogens with one attached hydrogen (secondary N) is 1. The highest BCUT2D eigenvalue weighted by atomic mass is 32.1. The molecule has 0 spiro atoms. The number of rotatable bonds is 3. The van der Waals surface area contributed by atoms with E-state index >= 15 is 0 Å². The summed E-state index contributed by atoms with van der Waals surface area (Å²) in [6.07, 6.45) is 0.861. The fourth-order valence-corrected chi connectivity index (χ4v) is 3.05. The van der Waals surface area contributed by atoms with Crippen molar-refractivity contribution in [1.82, 2.24) is 10.2 Å². The lowest BCUT2D eigenvalue weighted by atomic mass is 9.93. The summed E-state index contributed by atoms with van der Waals surface area (Å²) < 4.78 is 0. The first-order valence-corrected chi connectivity index (χ1v) is 7.31. The molecule has 1 amide bonds. The third-order valence-electron chi connectivity index (χ3n) is 2.11. The number of nitrogens with zero attached hydrogens (tertiary/aromatic N) is 2. The lowest BCUT2D eigenvalue weighted by Gasteiger charge is -2.14. The molecule has 2 rings (SSSR count). The molecule has 4 nitrogen and oxygen atoms in total. The van der Waals surface area contributed by atoms with Gasteiger partial charge < -0.3 is 0 Å². The van der Waals surface area contributed by atoms with E-state index in [-0.39, 0.29) is 11.3 Å². The molecule has 96 valence electrons. The number of carbonyl (C=O) groups excluding carboxylic acids is 1. The van der Waals surface area contributed by atoms with Crippen LogP contribution in [0.3, 0.4) is 0 Å². The summed E-state index contributed by atoms with van der Waals surface area (Å²) in [5.74, 6) is -0.122. The number of aromatic nitrogens is 2. The van der Waals surface area contributed by atoms with Gasteiger partial charge in [0.1, 0.15) is 5.01 Å². The highest BCUT2D eigenvalue weighted by molar-refractivity contribution is 7.15. The summed E-state index contributed by atoms with van der Waals surface area (Å²) in [6, 6.07) is 3.64. The third kappa shape index (κ3) is 3.61. The van der Waals surface area contributed by atoms with Gasteiger partial charge in [-0.3, -0.25) is 10.1 Å². The van der Waals surface area contributed by atoms with E-state index < -0.39 is 0 Å². The zero-order chi connectivity index (χ0) is 13.2. The first kappa shape index (κ1) is 13.2. The Bertz CT molecular complexity index is 526. The van der Waals surface area contributed by atoms with Crippen molar-refractivity contribution in [3.8, 4) is 0 Å². The van der Waals surface area contributed by atoms with Crippen molar-refractivity contribution in [1.29, 1.82) is 0 Å². The molecule has 2 aromatic rings. The molecule has 0 aliphatic rings. The second kappa shape index (κ2) is 5.16. The minimum absolute atomic E-state index is 0.122. The molecule has 0 fully saturated rings. The van der Waals surface area contributed by atoms with Gasteiger partial charge in [-0.2, -0.15) is 0 Å². The molecular weight excluding hydrogens is 266 g/mol. The molecule has 0 unspecified atom stereocenters. The Labute approximate surface area is 114 Å². The van der Waals surface area contributed by atoms with E-state index in [0.29, 0.717) is 10.0 Å². The lowest BCUT2D eigenvalue weighted by molar-refractivity contribution is 0.103. The molecule has 0 saturated carbocycles. The minimum Gasteiger partial charge on any atom is -0.296 e. The summed E-state index contributed by atoms with van der Waals surface area (Å²) in [4.78, 5) is 12.5. The van der Waals surface area contributed by atoms with Crippen molar-refractivity contribution in [2.45, 2.75) is 27.2 Å². The van der Waals surface area contributed by atoms with Crippen LogP contribution in [0.5, 0.6) is 0 Å². The molecule has 2 heterocycles. The fourth-order valence-electron chi connectivity index (χ4n) is 1.40. The van der Waals surface area contributed by atoms with E-state index in [9.17, 15) is 4.79 Å². The predicted molar refractivity (Wildman–Crippen MR) is 75.3 cm³/mol. The summed E-state index contributed by atoms with van der Waals surface area (Å²) in [6.45, 7) is 6.45. The van der Waals surface area contributed by atoms with Crippen LogP contribution < -0.4 is 5.32 Å². The molecule has 0 aromatic carbocycles. The highest BCUT2D eigenvalue weighted by Gasteiger charge is 2.16. The van der Waals surface area contributed by atoms with Gasteiger partial charge >= 0.3 is 0 Å². The SMILES string of the molecule is CC(C)(C)Cc1nnc(NC(=O)c2cccs2)s1. The van der Waals surface area contributed by atoms with Crippen LogP contribution in [-0.4, -0.2) is 16.1 Å². The predicted octanol–water partition coefficient (Wildman–Crippen LogP) is 3.44. The van der Waals surface area contributed by atoms with Gasteiger partial charge in [0.25, 0.3) is 5.91 Å². The standard InChI is InChI=1S/C12H15N3OS2/c1-12(2,3)7-9-14-15-11(18-9)13-10(16)8-5-4-6-17-8/h4-6H,7H2,1-3H3,(H,13,15,16). The molecule has 0 bridgehead atoms. The molecule has 2 aromatic heterocycles. The van der Waals surface area contributed by atoms with Gasteiger partial charge in [-0.25, -0.2) is 0 Å². The van der Waals surface area contributed by atoms with Crippen LogP contribution in [0.25, 0.3) is 0 Å². The van der Waals surface area contributed by atoms with E-state index in [0.717, 1.165) is 11.4 Å². The van der Waals surface area contributed by atoms with E-state index in [1.54, 1.807) is 6.07 Å². The maximum absolute atomic E-state index is 11.8. The molecule has 1 N–H and O–H groups in total. The van der Waals surface area contributed by atoms with Gasteiger partial charge in [0, 0.05) is 6.42 Å². The fraction of sp³-hybridized carbons (Fsp3) is 0.417. The van der Waals surface area contributed by atoms with Gasteiger partial charge in [0.05, 0.1) is 4.88 Å². The van der Waals surface area contributed by atoms with E-state index in [4.69, 9.17) is 0 Å². The summed E-state index contributed by atoms with van der Waals surface area (Å²) in [5, 5.41) is 14.2. The number of hydrogen-bond donors (Lipinski definition) is 1. The number of anilines is 1. The lowest BCUT2D eigenvalue weighted by Crippen LogP contribution is -2.09. The van der Waals surface area contributed by atoms with E-state index in [2.05, 4.69) is 36.3 Å². The number of hydrogen-bond acceptors (Lipinski definition) is 5. The maximum Gasteiger partial charge on any atom is 0.267 e. The van der Waals surface area contributed by atoms with Crippen molar-refractivity contribution >= 4 is 33.7 Å². The van der Waals surface area contributed by atoms with Crippen molar-refractivity contribution in [2.24, 2.45) is 5.41 Å². The Hall–Kier alpha value is -1.27. The topological polar surface area (TPSA) is 54.9 Å². The molecule has 0 aliphatic heterocycles. The van der Waals surface area contributed by atoms with E-state index in [1.807, 2.05) is 11.4 Å². The third-order valence-corrected chi connectivity index (χ3v) is 3.82. The molecule has 0 aliphatic carbocycles. The number of amides is 1. The van der Waals surface area contributed by atoms with Gasteiger partial charge in [-0.1, -0.05) is 38.2 Å². The molecule has 0 saturated heterocycles. The summed E-state index contributed by atoms with van der Waals surface area (Å²) >= 11 is 2.85. The second-order valence-electron chi connectivity index (χ2n) is 5.17. The first-order chi connectivity index (χ1) is 8.44. The largest absolute Gasteiger partial charge is 0.296 e. The summed E-state index contributed by atoms with van der Waals surface area (Å²) in [7, 11) is 0. The van der Waals surface area contributed by atoms with Gasteiger partial charge in [-0.05, 0) is 16.9 Å². The average molecular weight is 281 g/mol. The van der Waals surface area contributed by atoms with Crippen LogP contribution in [-0.2, 0) is 6.42 Å². The van der Waals surface area contributed by atoms with Gasteiger partial charge in [0.15, 0.2) is 0 Å². The van der Waals surface area contributed by atoms with Gasteiger partial charge in [-0.15, -0.1) is 21.5 Å². The zero-order valence-electron chi connectivity index (χ0n) is 10.6. The zero-order valence-corrected chi connectivity index (χ0v) is 12.2. The van der Waals surface area contributed by atoms with Crippen molar-refractivity contribution in [3.05, 3.63) is 27.4 Å². The van der Waals surface area contributed by atoms with Crippen molar-refractivity contribution in [2.75, 3.05) is 5.32 Å². The summed E-state index contributed by atoms with van der Waals surface area (Å²) in [5.41, 5.74) is 0.175.